The fraction of sp³-hybridized carbons (Fsp3) is 0.571. The van der Waals surface area contributed by atoms with Gasteiger partial charge >= 0.3 is 6.61 Å². The van der Waals surface area contributed by atoms with Crippen molar-refractivity contribution in [1.82, 2.24) is 4.90 Å². The van der Waals surface area contributed by atoms with Crippen LogP contribution in [0.2, 0.25) is 0 Å². The zero-order chi connectivity index (χ0) is 15.1. The summed E-state index contributed by atoms with van der Waals surface area (Å²) in [7, 11) is 0. The summed E-state index contributed by atoms with van der Waals surface area (Å²) >= 11 is 0. The molecule has 1 aliphatic rings. The number of benzene rings is 1. The molecule has 1 fully saturated rings. The van der Waals surface area contributed by atoms with Gasteiger partial charge in [0.05, 0.1) is 25.0 Å². The molecule has 1 aliphatic heterocycles. The molecule has 0 bridgehead atoms. The van der Waals surface area contributed by atoms with E-state index in [2.05, 4.69) is 15.0 Å². The molecule has 1 unspecified atom stereocenters. The number of nitrogens with zero attached hydrogens (tertiary/aromatic N) is 1. The number of hydrogen-bond donors (Lipinski definition) is 2. The van der Waals surface area contributed by atoms with Gasteiger partial charge in [0.25, 0.3) is 0 Å². The molecular formula is C14H20F2N2O3. The molecule has 1 heterocycles. The standard InChI is InChI=1S/C14H20F2N2O3/c15-14(16)21-13-4-2-1-3-12(13)17-9-11(19)10-18-5-7-20-8-6-18/h1-4,11,14,17,19H,5-10H2. The fourth-order valence-corrected chi connectivity index (χ4v) is 2.19. The van der Waals surface area contributed by atoms with Crippen molar-refractivity contribution in [3.05, 3.63) is 24.3 Å². The summed E-state index contributed by atoms with van der Waals surface area (Å²) < 4.78 is 34.2. The molecule has 0 amide bonds. The first-order chi connectivity index (χ1) is 10.1. The Morgan fingerprint density at radius 1 is 1.29 bits per heavy atom. The van der Waals surface area contributed by atoms with Gasteiger partial charge in [-0.2, -0.15) is 8.78 Å². The lowest BCUT2D eigenvalue weighted by atomic mass is 10.2. The van der Waals surface area contributed by atoms with Crippen LogP contribution in [0.1, 0.15) is 0 Å². The third-order valence-corrected chi connectivity index (χ3v) is 3.20. The lowest BCUT2D eigenvalue weighted by molar-refractivity contribution is -0.0493. The topological polar surface area (TPSA) is 54.0 Å². The van der Waals surface area contributed by atoms with Crippen molar-refractivity contribution in [2.75, 3.05) is 44.7 Å². The Morgan fingerprint density at radius 3 is 2.71 bits per heavy atom. The molecule has 118 valence electrons. The summed E-state index contributed by atoms with van der Waals surface area (Å²) in [6, 6.07) is 6.43. The van der Waals surface area contributed by atoms with Gasteiger partial charge in [-0.05, 0) is 12.1 Å². The van der Waals surface area contributed by atoms with Gasteiger partial charge in [0.1, 0.15) is 5.75 Å². The second-order valence-electron chi connectivity index (χ2n) is 4.82. The van der Waals surface area contributed by atoms with Crippen molar-refractivity contribution >= 4 is 5.69 Å². The van der Waals surface area contributed by atoms with Gasteiger partial charge < -0.3 is 19.9 Å². The maximum Gasteiger partial charge on any atom is 0.387 e. The predicted octanol–water partition coefficient (Wildman–Crippen LogP) is 1.39. The number of anilines is 1. The fourth-order valence-electron chi connectivity index (χ4n) is 2.19. The molecule has 1 aromatic carbocycles. The van der Waals surface area contributed by atoms with Gasteiger partial charge in [0, 0.05) is 26.2 Å². The molecule has 0 aliphatic carbocycles. The third-order valence-electron chi connectivity index (χ3n) is 3.20. The highest BCUT2D eigenvalue weighted by atomic mass is 19.3. The average molecular weight is 302 g/mol. The van der Waals surface area contributed by atoms with E-state index in [0.29, 0.717) is 25.4 Å². The van der Waals surface area contributed by atoms with Gasteiger partial charge in [0.15, 0.2) is 0 Å². The van der Waals surface area contributed by atoms with Gasteiger partial charge in [-0.25, -0.2) is 0 Å². The number of β-amino-alcohol motifs (C(OH)–C–C–N with tert-alkyl or cyclic N) is 1. The Balaban J connectivity index is 1.81. The van der Waals surface area contributed by atoms with Crippen LogP contribution >= 0.6 is 0 Å². The Kier molecular flexibility index (Phi) is 6.16. The van der Waals surface area contributed by atoms with Crippen LogP contribution in [0.25, 0.3) is 0 Å². The van der Waals surface area contributed by atoms with Crippen molar-refractivity contribution in [3.63, 3.8) is 0 Å². The van der Waals surface area contributed by atoms with E-state index < -0.39 is 12.7 Å². The van der Waals surface area contributed by atoms with Crippen molar-refractivity contribution < 1.29 is 23.4 Å². The second kappa shape index (κ2) is 8.11. The molecule has 7 heteroatoms. The van der Waals surface area contributed by atoms with Crippen molar-refractivity contribution in [3.8, 4) is 5.75 Å². The monoisotopic (exact) mass is 302 g/mol. The van der Waals surface area contributed by atoms with E-state index >= 15 is 0 Å². The number of halogens is 2. The zero-order valence-electron chi connectivity index (χ0n) is 11.7. The molecule has 0 aromatic heterocycles. The number of hydrogen-bond acceptors (Lipinski definition) is 5. The molecule has 2 rings (SSSR count). The number of rotatable bonds is 7. The van der Waals surface area contributed by atoms with Crippen LogP contribution in [-0.4, -0.2) is 62.1 Å². The number of para-hydroxylation sites is 2. The molecule has 1 aromatic rings. The lowest BCUT2D eigenvalue weighted by Crippen LogP contribution is -2.42. The quantitative estimate of drug-likeness (QED) is 0.797. The Labute approximate surface area is 122 Å². The van der Waals surface area contributed by atoms with Crippen molar-refractivity contribution in [1.29, 1.82) is 0 Å². The van der Waals surface area contributed by atoms with E-state index in [1.54, 1.807) is 18.2 Å². The predicted molar refractivity (Wildman–Crippen MR) is 74.8 cm³/mol. The van der Waals surface area contributed by atoms with E-state index in [1.807, 2.05) is 0 Å². The molecule has 21 heavy (non-hydrogen) atoms. The number of morpholine rings is 1. The molecule has 1 atom stereocenters. The van der Waals surface area contributed by atoms with Crippen LogP contribution < -0.4 is 10.1 Å². The summed E-state index contributed by atoms with van der Waals surface area (Å²) in [5.41, 5.74) is 0.443. The van der Waals surface area contributed by atoms with E-state index in [-0.39, 0.29) is 12.3 Å². The van der Waals surface area contributed by atoms with Crippen molar-refractivity contribution in [2.45, 2.75) is 12.7 Å². The summed E-state index contributed by atoms with van der Waals surface area (Å²) in [6.45, 7) is 0.849. The number of aliphatic hydroxyl groups is 1. The smallest absolute Gasteiger partial charge is 0.387 e. The Hall–Kier alpha value is -1.44. The molecule has 0 spiro atoms. The Bertz CT molecular complexity index is 428. The van der Waals surface area contributed by atoms with Crippen LogP contribution in [0.15, 0.2) is 24.3 Å². The number of nitrogens with one attached hydrogen (secondary N) is 1. The van der Waals surface area contributed by atoms with Gasteiger partial charge in [0.2, 0.25) is 0 Å². The number of ether oxygens (including phenoxy) is 2. The number of alkyl halides is 2. The van der Waals surface area contributed by atoms with E-state index in [4.69, 9.17) is 4.74 Å². The molecular weight excluding hydrogens is 282 g/mol. The highest BCUT2D eigenvalue weighted by Gasteiger charge is 2.15. The minimum Gasteiger partial charge on any atom is -0.433 e. The molecule has 0 radical (unpaired) electrons. The highest BCUT2D eigenvalue weighted by Crippen LogP contribution is 2.25. The van der Waals surface area contributed by atoms with Crippen LogP contribution in [0.4, 0.5) is 14.5 Å². The van der Waals surface area contributed by atoms with E-state index in [1.165, 1.54) is 6.07 Å². The van der Waals surface area contributed by atoms with Gasteiger partial charge in [-0.15, -0.1) is 0 Å². The maximum absolute atomic E-state index is 12.3. The first-order valence-electron chi connectivity index (χ1n) is 6.91. The molecule has 0 saturated carbocycles. The lowest BCUT2D eigenvalue weighted by Gasteiger charge is -2.28. The summed E-state index contributed by atoms with van der Waals surface area (Å²) in [5, 5.41) is 12.9. The average Bonchev–Trinajstić information content (AvgIpc) is 2.47. The zero-order valence-corrected chi connectivity index (χ0v) is 11.7. The molecule has 5 nitrogen and oxygen atoms in total. The summed E-state index contributed by atoms with van der Waals surface area (Å²) in [4.78, 5) is 2.11. The normalized spacial score (nSPS) is 17.7. The molecule has 1 saturated heterocycles. The van der Waals surface area contributed by atoms with E-state index in [9.17, 15) is 13.9 Å². The maximum atomic E-state index is 12.3. The SMILES string of the molecule is OC(CNc1ccccc1OC(F)F)CN1CCOCC1. The minimum absolute atomic E-state index is 0.0751. The first kappa shape index (κ1) is 15.9. The van der Waals surface area contributed by atoms with Crippen LogP contribution in [0, 0.1) is 0 Å². The van der Waals surface area contributed by atoms with Crippen molar-refractivity contribution in [2.24, 2.45) is 0 Å². The van der Waals surface area contributed by atoms with Crippen LogP contribution in [0.5, 0.6) is 5.75 Å². The molecule has 2 N–H and O–H groups in total. The summed E-state index contributed by atoms with van der Waals surface area (Å²) in [6.07, 6.45) is -0.595. The second-order valence-corrected chi connectivity index (χ2v) is 4.82. The summed E-state index contributed by atoms with van der Waals surface area (Å²) in [5.74, 6) is 0.0751. The Morgan fingerprint density at radius 2 is 2.00 bits per heavy atom. The van der Waals surface area contributed by atoms with Crippen LogP contribution in [-0.2, 0) is 4.74 Å². The highest BCUT2D eigenvalue weighted by molar-refractivity contribution is 5.56. The van der Waals surface area contributed by atoms with E-state index in [0.717, 1.165) is 13.1 Å². The third kappa shape index (κ3) is 5.45. The largest absolute Gasteiger partial charge is 0.433 e. The first-order valence-corrected chi connectivity index (χ1v) is 6.91. The van der Waals surface area contributed by atoms with Gasteiger partial charge in [-0.1, -0.05) is 12.1 Å². The minimum atomic E-state index is -2.87. The van der Waals surface area contributed by atoms with Gasteiger partial charge in [-0.3, -0.25) is 4.90 Å². The van der Waals surface area contributed by atoms with Crippen LogP contribution in [0.3, 0.4) is 0 Å². The number of aliphatic hydroxyl groups excluding tert-OH is 1.